The van der Waals surface area contributed by atoms with Crippen LogP contribution in [0.3, 0.4) is 0 Å². The van der Waals surface area contributed by atoms with E-state index in [2.05, 4.69) is 30.6 Å². The molecule has 1 aromatic rings. The molecule has 1 aromatic carbocycles. The molecule has 3 fully saturated rings. The first-order valence-corrected chi connectivity index (χ1v) is 11.3. The highest BCUT2D eigenvalue weighted by Crippen LogP contribution is 2.66. The second-order valence-corrected chi connectivity index (χ2v) is 10.2. The Morgan fingerprint density at radius 3 is 2.41 bits per heavy atom. The molecule has 4 nitrogen and oxygen atoms in total. The summed E-state index contributed by atoms with van der Waals surface area (Å²) < 4.78 is 19.4. The SMILES string of the molecule is CC1(C)[C@H]2CC[C@@]1(C)[C@H](OCC[C@H](O)CN1CCN(c3ccc(F)cc3)CC1)C2. The van der Waals surface area contributed by atoms with E-state index in [1.54, 1.807) is 0 Å². The van der Waals surface area contributed by atoms with Crippen molar-refractivity contribution in [2.75, 3.05) is 44.2 Å². The molecule has 2 bridgehead atoms. The van der Waals surface area contributed by atoms with Crippen molar-refractivity contribution in [3.8, 4) is 0 Å². The topological polar surface area (TPSA) is 35.9 Å². The van der Waals surface area contributed by atoms with Gasteiger partial charge < -0.3 is 14.7 Å². The summed E-state index contributed by atoms with van der Waals surface area (Å²) >= 11 is 0. The van der Waals surface area contributed by atoms with Crippen LogP contribution >= 0.6 is 0 Å². The van der Waals surface area contributed by atoms with Gasteiger partial charge in [0.25, 0.3) is 0 Å². The molecule has 1 saturated heterocycles. The molecule has 1 N–H and O–H groups in total. The Balaban J connectivity index is 1.17. The van der Waals surface area contributed by atoms with Crippen LogP contribution in [0.4, 0.5) is 10.1 Å². The summed E-state index contributed by atoms with van der Waals surface area (Å²) in [4.78, 5) is 4.61. The van der Waals surface area contributed by atoms with Crippen LogP contribution in [0.1, 0.15) is 46.5 Å². The number of aliphatic hydroxyl groups excluding tert-OH is 1. The third kappa shape index (κ3) is 4.06. The third-order valence-corrected chi connectivity index (χ3v) is 8.52. The number of benzene rings is 1. The number of hydrogen-bond donors (Lipinski definition) is 1. The van der Waals surface area contributed by atoms with Crippen molar-refractivity contribution in [1.82, 2.24) is 4.90 Å². The molecule has 1 aliphatic heterocycles. The number of anilines is 1. The quantitative estimate of drug-likeness (QED) is 0.747. The van der Waals surface area contributed by atoms with Crippen molar-refractivity contribution >= 4 is 5.69 Å². The minimum absolute atomic E-state index is 0.194. The summed E-state index contributed by atoms with van der Waals surface area (Å²) in [6, 6.07) is 6.72. The van der Waals surface area contributed by atoms with Gasteiger partial charge >= 0.3 is 0 Å². The third-order valence-electron chi connectivity index (χ3n) is 8.52. The predicted molar refractivity (Wildman–Crippen MR) is 115 cm³/mol. The minimum atomic E-state index is -0.341. The van der Waals surface area contributed by atoms with Crippen molar-refractivity contribution < 1.29 is 14.2 Å². The molecule has 0 unspecified atom stereocenters. The first-order valence-electron chi connectivity index (χ1n) is 11.3. The highest BCUT2D eigenvalue weighted by atomic mass is 19.1. The molecule has 1 heterocycles. The highest BCUT2D eigenvalue weighted by Gasteiger charge is 2.61. The monoisotopic (exact) mass is 404 g/mol. The number of nitrogens with zero attached hydrogens (tertiary/aromatic N) is 2. The van der Waals surface area contributed by atoms with Gasteiger partial charge in [-0.2, -0.15) is 0 Å². The summed E-state index contributed by atoms with van der Waals surface area (Å²) in [5.74, 6) is 0.598. The zero-order valence-electron chi connectivity index (χ0n) is 18.2. The minimum Gasteiger partial charge on any atom is -0.392 e. The largest absolute Gasteiger partial charge is 0.392 e. The number of fused-ring (bicyclic) bond motifs is 2. The maximum atomic E-state index is 13.1. The summed E-state index contributed by atoms with van der Waals surface area (Å²) in [5, 5.41) is 10.5. The first-order chi connectivity index (χ1) is 13.8. The molecule has 5 heteroatoms. The zero-order chi connectivity index (χ0) is 20.6. The summed E-state index contributed by atoms with van der Waals surface area (Å²) in [6.45, 7) is 12.2. The van der Waals surface area contributed by atoms with Gasteiger partial charge in [-0.1, -0.05) is 20.8 Å². The molecular weight excluding hydrogens is 367 g/mol. The smallest absolute Gasteiger partial charge is 0.123 e. The maximum Gasteiger partial charge on any atom is 0.123 e. The molecule has 3 aliphatic rings. The van der Waals surface area contributed by atoms with Gasteiger partial charge in [0.05, 0.1) is 12.2 Å². The van der Waals surface area contributed by atoms with Crippen LogP contribution in [-0.4, -0.2) is 61.5 Å². The van der Waals surface area contributed by atoms with Crippen molar-refractivity contribution in [3.63, 3.8) is 0 Å². The van der Waals surface area contributed by atoms with Gasteiger partial charge in [0.15, 0.2) is 0 Å². The molecule has 2 aliphatic carbocycles. The second kappa shape index (κ2) is 8.16. The lowest BCUT2D eigenvalue weighted by Gasteiger charge is -2.39. The molecule has 0 aromatic heterocycles. The summed E-state index contributed by atoms with van der Waals surface area (Å²) in [6.07, 6.45) is 4.52. The lowest BCUT2D eigenvalue weighted by atomic mass is 9.70. The van der Waals surface area contributed by atoms with Crippen LogP contribution in [-0.2, 0) is 4.74 Å². The van der Waals surface area contributed by atoms with Gasteiger partial charge in [0.2, 0.25) is 0 Å². The molecule has 0 spiro atoms. The van der Waals surface area contributed by atoms with E-state index >= 15 is 0 Å². The van der Waals surface area contributed by atoms with Crippen LogP contribution < -0.4 is 4.90 Å². The number of halogens is 1. The predicted octanol–water partition coefficient (Wildman–Crippen LogP) is 3.93. The molecule has 4 rings (SSSR count). The zero-order valence-corrected chi connectivity index (χ0v) is 18.2. The lowest BCUT2D eigenvalue weighted by Crippen LogP contribution is -2.48. The summed E-state index contributed by atoms with van der Waals surface area (Å²) in [7, 11) is 0. The molecule has 162 valence electrons. The normalized spacial score (nSPS) is 32.7. The number of piperazine rings is 1. The fraction of sp³-hybridized carbons (Fsp3) is 0.750. The number of ether oxygens (including phenoxy) is 1. The van der Waals surface area contributed by atoms with Crippen LogP contribution in [0.5, 0.6) is 0 Å². The van der Waals surface area contributed by atoms with Crippen molar-refractivity contribution in [2.45, 2.75) is 58.7 Å². The van der Waals surface area contributed by atoms with Gasteiger partial charge in [-0.25, -0.2) is 4.39 Å². The molecule has 29 heavy (non-hydrogen) atoms. The van der Waals surface area contributed by atoms with E-state index in [1.807, 2.05) is 12.1 Å². The van der Waals surface area contributed by atoms with Crippen molar-refractivity contribution in [3.05, 3.63) is 30.1 Å². The van der Waals surface area contributed by atoms with Crippen LogP contribution in [0, 0.1) is 22.6 Å². The number of rotatable bonds is 7. The van der Waals surface area contributed by atoms with E-state index in [1.165, 1.54) is 31.4 Å². The van der Waals surface area contributed by atoms with Gasteiger partial charge in [0.1, 0.15) is 5.82 Å². The number of hydrogen-bond acceptors (Lipinski definition) is 4. The molecule has 0 radical (unpaired) electrons. The van der Waals surface area contributed by atoms with Crippen LogP contribution in [0.25, 0.3) is 0 Å². The molecule has 4 atom stereocenters. The van der Waals surface area contributed by atoms with E-state index < -0.39 is 0 Å². The Morgan fingerprint density at radius 2 is 1.83 bits per heavy atom. The first kappa shape index (κ1) is 21.1. The Bertz CT molecular complexity index is 687. The molecular formula is C24H37FN2O2. The van der Waals surface area contributed by atoms with Gasteiger partial charge in [-0.05, 0) is 66.7 Å². The fourth-order valence-electron chi connectivity index (χ4n) is 5.96. The van der Waals surface area contributed by atoms with Gasteiger partial charge in [0, 0.05) is 45.0 Å². The van der Waals surface area contributed by atoms with E-state index in [0.29, 0.717) is 36.5 Å². The number of aliphatic hydroxyl groups is 1. The average Bonchev–Trinajstić information content (AvgIpc) is 3.03. The standard InChI is InChI=1S/C24H37FN2O2/c1-23(2)18-8-10-24(23,3)22(16-18)29-15-9-21(28)17-26-11-13-27(14-12-26)20-6-4-19(25)5-7-20/h4-7,18,21-22,28H,8-17H2,1-3H3/t18-,21-,22+,24-/m0/s1. The van der Waals surface area contributed by atoms with Crippen molar-refractivity contribution in [2.24, 2.45) is 16.7 Å². The molecule has 2 saturated carbocycles. The Labute approximate surface area is 175 Å². The average molecular weight is 405 g/mol. The number of β-amino-alcohol motifs (C(OH)–C–C–N with tert-alkyl or cyclic N) is 1. The van der Waals surface area contributed by atoms with E-state index in [9.17, 15) is 9.50 Å². The van der Waals surface area contributed by atoms with Gasteiger partial charge in [-0.15, -0.1) is 0 Å². The van der Waals surface area contributed by atoms with Crippen molar-refractivity contribution in [1.29, 1.82) is 0 Å². The Kier molecular flexibility index (Phi) is 5.93. The highest BCUT2D eigenvalue weighted by molar-refractivity contribution is 5.46. The lowest BCUT2D eigenvalue weighted by molar-refractivity contribution is -0.0564. The Hall–Kier alpha value is -1.17. The summed E-state index contributed by atoms with van der Waals surface area (Å²) in [5.41, 5.74) is 1.74. The van der Waals surface area contributed by atoms with E-state index in [-0.39, 0.29) is 11.9 Å². The van der Waals surface area contributed by atoms with E-state index in [0.717, 1.165) is 37.8 Å². The molecule has 0 amide bonds. The van der Waals surface area contributed by atoms with Crippen LogP contribution in [0.2, 0.25) is 0 Å². The van der Waals surface area contributed by atoms with Crippen LogP contribution in [0.15, 0.2) is 24.3 Å². The van der Waals surface area contributed by atoms with Gasteiger partial charge in [-0.3, -0.25) is 4.90 Å². The van der Waals surface area contributed by atoms with E-state index in [4.69, 9.17) is 4.74 Å². The maximum absolute atomic E-state index is 13.1. The fourth-order valence-corrected chi connectivity index (χ4v) is 5.96. The second-order valence-electron chi connectivity index (χ2n) is 10.2. The Morgan fingerprint density at radius 1 is 1.14 bits per heavy atom.